The van der Waals surface area contributed by atoms with E-state index in [0.29, 0.717) is 0 Å². The van der Waals surface area contributed by atoms with Crippen LogP contribution >= 0.6 is 0 Å². The van der Waals surface area contributed by atoms with Gasteiger partial charge in [0, 0.05) is 11.9 Å². The van der Waals surface area contributed by atoms with Crippen LogP contribution in [0, 0.1) is 0 Å². The molecule has 0 aromatic rings. The Kier molecular flexibility index (Phi) is 1.16. The topological polar surface area (TPSA) is 37.1 Å². The molecule has 0 aromatic carbocycles. The lowest BCUT2D eigenvalue weighted by Gasteiger charge is -1.60. The number of nitrogens with zero attached hydrogens (tertiary/aromatic N) is 3. The Balaban J connectivity index is 2.86. The van der Waals surface area contributed by atoms with E-state index in [9.17, 15) is 0 Å². The van der Waals surface area contributed by atoms with Crippen LogP contribution in [-0.4, -0.2) is 5.87 Å². The van der Waals surface area contributed by atoms with Gasteiger partial charge in [0.05, 0.1) is 6.20 Å². The minimum Gasteiger partial charge on any atom is -0.138 e. The Bertz CT molecular complexity index is 144. The number of rotatable bonds is 0. The van der Waals surface area contributed by atoms with Crippen molar-refractivity contribution < 1.29 is 0 Å². The second kappa shape index (κ2) is 2.05. The Morgan fingerprint density at radius 1 is 1.43 bits per heavy atom. The third kappa shape index (κ3) is 1.11. The predicted octanol–water partition coefficient (Wildman–Crippen LogP) is 1.11. The van der Waals surface area contributed by atoms with Crippen molar-refractivity contribution in [3.05, 3.63) is 18.4 Å². The van der Waals surface area contributed by atoms with Gasteiger partial charge in [-0.25, -0.2) is 0 Å². The number of hydrogen-bond donors (Lipinski definition) is 0. The molecule has 0 atom stereocenters. The van der Waals surface area contributed by atoms with E-state index in [1.807, 2.05) is 0 Å². The molecule has 34 valence electrons. The molecule has 0 saturated carbocycles. The standard InChI is InChI=1S/C4H3N3/c1-2-4-6-7-5-3-1/h1-3H. The van der Waals surface area contributed by atoms with E-state index in [1.165, 1.54) is 0 Å². The van der Waals surface area contributed by atoms with Crippen molar-refractivity contribution in [2.45, 2.75) is 0 Å². The largest absolute Gasteiger partial charge is 0.138 e. The van der Waals surface area contributed by atoms with Crippen LogP contribution in [0.15, 0.2) is 33.8 Å². The lowest BCUT2D eigenvalue weighted by molar-refractivity contribution is 1.07. The van der Waals surface area contributed by atoms with Crippen LogP contribution in [0.25, 0.3) is 0 Å². The summed E-state index contributed by atoms with van der Waals surface area (Å²) in [6.45, 7) is 0. The summed E-state index contributed by atoms with van der Waals surface area (Å²) in [5.41, 5.74) is 0. The molecule has 7 heavy (non-hydrogen) atoms. The summed E-state index contributed by atoms with van der Waals surface area (Å²) in [4.78, 5) is 0. The third-order valence-electron chi connectivity index (χ3n) is 0.478. The van der Waals surface area contributed by atoms with Crippen molar-refractivity contribution in [1.82, 2.24) is 0 Å². The molecule has 3 nitrogen and oxygen atoms in total. The highest BCUT2D eigenvalue weighted by Crippen LogP contribution is 1.81. The summed E-state index contributed by atoms with van der Waals surface area (Å²) in [5, 5.41) is 10.1. The van der Waals surface area contributed by atoms with Gasteiger partial charge in [-0.05, 0) is 11.3 Å². The number of hydrogen-bond acceptors (Lipinski definition) is 3. The highest BCUT2D eigenvalue weighted by Gasteiger charge is 1.64. The second-order valence-electron chi connectivity index (χ2n) is 0.942. The van der Waals surface area contributed by atoms with Crippen molar-refractivity contribution >= 4 is 5.87 Å². The molecule has 1 aliphatic rings. The van der Waals surface area contributed by atoms with E-state index in [4.69, 9.17) is 0 Å². The lowest BCUT2D eigenvalue weighted by Crippen LogP contribution is -1.42. The highest BCUT2D eigenvalue weighted by molar-refractivity contribution is 5.54. The van der Waals surface area contributed by atoms with E-state index >= 15 is 0 Å². The van der Waals surface area contributed by atoms with E-state index in [2.05, 4.69) is 21.3 Å². The van der Waals surface area contributed by atoms with E-state index in [1.54, 1.807) is 18.4 Å². The molecule has 0 radical (unpaired) electrons. The molecular formula is C4H3N3. The average molecular weight is 93.1 g/mol. The van der Waals surface area contributed by atoms with Gasteiger partial charge in [0.1, 0.15) is 0 Å². The van der Waals surface area contributed by atoms with Crippen LogP contribution in [0.1, 0.15) is 0 Å². The zero-order valence-corrected chi connectivity index (χ0v) is 3.57. The van der Waals surface area contributed by atoms with Crippen molar-refractivity contribution in [1.29, 1.82) is 0 Å². The molecule has 0 amide bonds. The SMILES string of the molecule is C1=CC=CN=NN=1. The lowest BCUT2D eigenvalue weighted by atomic mass is 10.6. The van der Waals surface area contributed by atoms with Gasteiger partial charge < -0.3 is 0 Å². The summed E-state index contributed by atoms with van der Waals surface area (Å²) in [6, 6.07) is 0. The highest BCUT2D eigenvalue weighted by atomic mass is 15.3. The molecule has 1 aliphatic heterocycles. The summed E-state index contributed by atoms with van der Waals surface area (Å²) in [7, 11) is 0. The summed E-state index contributed by atoms with van der Waals surface area (Å²) >= 11 is 0. The van der Waals surface area contributed by atoms with Gasteiger partial charge >= 0.3 is 0 Å². The molecule has 0 aliphatic carbocycles. The smallest absolute Gasteiger partial charge is 0.0520 e. The van der Waals surface area contributed by atoms with Gasteiger partial charge in [0.2, 0.25) is 0 Å². The van der Waals surface area contributed by atoms with Gasteiger partial charge in [0.15, 0.2) is 0 Å². The maximum Gasteiger partial charge on any atom is 0.0520 e. The Morgan fingerprint density at radius 2 is 2.43 bits per heavy atom. The molecule has 0 unspecified atom stereocenters. The summed E-state index contributed by atoms with van der Waals surface area (Å²) in [6.07, 6.45) is 4.89. The van der Waals surface area contributed by atoms with Gasteiger partial charge in [0.25, 0.3) is 0 Å². The van der Waals surface area contributed by atoms with E-state index < -0.39 is 0 Å². The van der Waals surface area contributed by atoms with Gasteiger partial charge in [-0.2, -0.15) is 0 Å². The maximum absolute atomic E-state index is 3.45. The fraction of sp³-hybridized carbons (Fsp3) is 0. The molecule has 3 heteroatoms. The minimum absolute atomic E-state index is 1.55. The summed E-state index contributed by atoms with van der Waals surface area (Å²) in [5.74, 6) is 2.50. The van der Waals surface area contributed by atoms with Crippen LogP contribution in [0.2, 0.25) is 0 Å². The first-order valence-electron chi connectivity index (χ1n) is 1.84. The van der Waals surface area contributed by atoms with Gasteiger partial charge in [-0.3, -0.25) is 0 Å². The predicted molar refractivity (Wildman–Crippen MR) is 26.0 cm³/mol. The molecule has 1 heterocycles. The Hall–Kier alpha value is -1.21. The number of allylic oxidation sites excluding steroid dienone is 2. The molecule has 0 N–H and O–H groups in total. The first kappa shape index (κ1) is 3.96. The van der Waals surface area contributed by atoms with Crippen LogP contribution in [0.4, 0.5) is 0 Å². The zero-order chi connectivity index (χ0) is 4.95. The molecular weight excluding hydrogens is 90.1 g/mol. The van der Waals surface area contributed by atoms with Gasteiger partial charge in [-0.15, -0.1) is 5.11 Å². The van der Waals surface area contributed by atoms with Crippen molar-refractivity contribution in [3.8, 4) is 0 Å². The van der Waals surface area contributed by atoms with Crippen LogP contribution in [0.3, 0.4) is 0 Å². The Morgan fingerprint density at radius 3 is 3.43 bits per heavy atom. The molecule has 0 bridgehead atoms. The average Bonchev–Trinajstić information content (AvgIpc) is 1.90. The fourth-order valence-electron chi connectivity index (χ4n) is 0.239. The van der Waals surface area contributed by atoms with Crippen molar-refractivity contribution in [3.63, 3.8) is 0 Å². The van der Waals surface area contributed by atoms with Crippen molar-refractivity contribution in [2.24, 2.45) is 15.4 Å². The Labute approximate surface area is 40.8 Å². The molecule has 0 fully saturated rings. The zero-order valence-electron chi connectivity index (χ0n) is 3.57. The summed E-state index contributed by atoms with van der Waals surface area (Å²) < 4.78 is 0. The van der Waals surface area contributed by atoms with Crippen LogP contribution in [0.5, 0.6) is 0 Å². The monoisotopic (exact) mass is 93.0 g/mol. The first-order valence-corrected chi connectivity index (χ1v) is 1.84. The fourth-order valence-corrected chi connectivity index (χ4v) is 0.239. The molecule has 0 spiro atoms. The van der Waals surface area contributed by atoms with Crippen molar-refractivity contribution in [2.75, 3.05) is 0 Å². The first-order chi connectivity index (χ1) is 3.50. The third-order valence-corrected chi connectivity index (χ3v) is 0.478. The normalized spacial score (nSPS) is 14.9. The quantitative estimate of drug-likeness (QED) is 0.430. The molecule has 0 saturated heterocycles. The maximum atomic E-state index is 3.45. The van der Waals surface area contributed by atoms with E-state index in [0.717, 1.165) is 0 Å². The van der Waals surface area contributed by atoms with Gasteiger partial charge in [-0.1, -0.05) is 5.10 Å². The van der Waals surface area contributed by atoms with E-state index in [-0.39, 0.29) is 0 Å². The minimum atomic E-state index is 1.55. The van der Waals surface area contributed by atoms with Crippen LogP contribution in [-0.2, 0) is 0 Å². The van der Waals surface area contributed by atoms with Crippen LogP contribution < -0.4 is 0 Å². The molecule has 0 aromatic heterocycles. The second-order valence-corrected chi connectivity index (χ2v) is 0.942. The molecule has 1 rings (SSSR count).